The SMILES string of the molecule is [Zr][CH]1C=Cc2c1cc1c(c2-c2ccccc2)CCC1. The van der Waals surface area contributed by atoms with E-state index in [4.69, 9.17) is 0 Å². The first-order chi connectivity index (χ1) is 9.34. The molecule has 2 aromatic carbocycles. The number of hydrogen-bond donors (Lipinski definition) is 0. The van der Waals surface area contributed by atoms with Gasteiger partial charge in [-0.1, -0.05) is 0 Å². The summed E-state index contributed by atoms with van der Waals surface area (Å²) in [6.07, 6.45) is 8.58. The molecule has 0 radical (unpaired) electrons. The van der Waals surface area contributed by atoms with Gasteiger partial charge in [0.05, 0.1) is 0 Å². The van der Waals surface area contributed by atoms with Crippen molar-refractivity contribution in [1.82, 2.24) is 0 Å². The maximum absolute atomic E-state index is 2.49. The fourth-order valence-electron chi connectivity index (χ4n) is 3.45. The van der Waals surface area contributed by atoms with Crippen LogP contribution in [0.4, 0.5) is 0 Å². The Kier molecular flexibility index (Phi) is 2.85. The van der Waals surface area contributed by atoms with Crippen molar-refractivity contribution in [3.05, 3.63) is 64.7 Å². The van der Waals surface area contributed by atoms with E-state index in [0.29, 0.717) is 3.63 Å². The van der Waals surface area contributed by atoms with Crippen LogP contribution in [-0.2, 0) is 37.6 Å². The predicted octanol–water partition coefficient (Wildman–Crippen LogP) is 4.46. The Labute approximate surface area is 129 Å². The number of hydrogen-bond acceptors (Lipinski definition) is 0. The third kappa shape index (κ3) is 1.82. The van der Waals surface area contributed by atoms with Crippen molar-refractivity contribution >= 4 is 6.08 Å². The number of rotatable bonds is 1. The van der Waals surface area contributed by atoms with Crippen LogP contribution in [0.5, 0.6) is 0 Å². The van der Waals surface area contributed by atoms with Crippen molar-refractivity contribution < 1.29 is 24.7 Å². The zero-order chi connectivity index (χ0) is 12.8. The van der Waals surface area contributed by atoms with Crippen LogP contribution in [-0.4, -0.2) is 0 Å². The molecule has 0 bridgehead atoms. The van der Waals surface area contributed by atoms with Crippen molar-refractivity contribution in [2.75, 3.05) is 0 Å². The van der Waals surface area contributed by atoms with Crippen molar-refractivity contribution in [1.29, 1.82) is 0 Å². The van der Waals surface area contributed by atoms with Crippen LogP contribution in [0, 0.1) is 0 Å². The summed E-state index contributed by atoms with van der Waals surface area (Å²) in [4.78, 5) is 0. The first kappa shape index (κ1) is 11.9. The van der Waals surface area contributed by atoms with Crippen LogP contribution in [0.2, 0.25) is 0 Å². The zero-order valence-electron chi connectivity index (χ0n) is 10.8. The first-order valence-corrected chi connectivity index (χ1v) is 8.40. The van der Waals surface area contributed by atoms with Crippen molar-refractivity contribution in [3.8, 4) is 11.1 Å². The van der Waals surface area contributed by atoms with E-state index >= 15 is 0 Å². The molecule has 2 aliphatic rings. The molecule has 0 N–H and O–H groups in total. The molecular formula is C18H15Zr. The molecule has 0 saturated heterocycles. The molecule has 4 rings (SSSR count). The Morgan fingerprint density at radius 3 is 2.74 bits per heavy atom. The van der Waals surface area contributed by atoms with Gasteiger partial charge in [0.1, 0.15) is 0 Å². The topological polar surface area (TPSA) is 0 Å². The maximum atomic E-state index is 2.49. The Hall–Kier alpha value is -0.937. The van der Waals surface area contributed by atoms with Crippen LogP contribution in [0.1, 0.15) is 32.3 Å². The van der Waals surface area contributed by atoms with Gasteiger partial charge in [-0.05, 0) is 0 Å². The van der Waals surface area contributed by atoms with Crippen LogP contribution in [0.25, 0.3) is 17.2 Å². The molecule has 0 amide bonds. The normalized spacial score (nSPS) is 19.4. The number of allylic oxidation sites excluding steroid dienone is 1. The summed E-state index contributed by atoms with van der Waals surface area (Å²) in [6.45, 7) is 0. The molecule has 0 heterocycles. The van der Waals surface area contributed by atoms with E-state index in [1.165, 1.54) is 36.0 Å². The zero-order valence-corrected chi connectivity index (χ0v) is 13.3. The van der Waals surface area contributed by atoms with Gasteiger partial charge in [-0.2, -0.15) is 0 Å². The summed E-state index contributed by atoms with van der Waals surface area (Å²) < 4.78 is 0.663. The summed E-state index contributed by atoms with van der Waals surface area (Å²) in [5.74, 6) is 0. The van der Waals surface area contributed by atoms with Gasteiger partial charge >= 0.3 is 130 Å². The molecule has 1 atom stereocenters. The number of benzene rings is 2. The summed E-state index contributed by atoms with van der Waals surface area (Å²) >= 11 is 1.60. The van der Waals surface area contributed by atoms with Crippen LogP contribution in [0.3, 0.4) is 0 Å². The summed E-state index contributed by atoms with van der Waals surface area (Å²) in [7, 11) is 0. The molecule has 2 aliphatic carbocycles. The van der Waals surface area contributed by atoms with Crippen molar-refractivity contribution in [3.63, 3.8) is 0 Å². The van der Waals surface area contributed by atoms with Crippen LogP contribution in [0.15, 0.2) is 42.5 Å². The van der Waals surface area contributed by atoms with Gasteiger partial charge in [-0.3, -0.25) is 0 Å². The van der Waals surface area contributed by atoms with E-state index < -0.39 is 0 Å². The molecule has 0 fully saturated rings. The fourth-order valence-corrected chi connectivity index (χ4v) is 4.28. The van der Waals surface area contributed by atoms with Crippen LogP contribution < -0.4 is 0 Å². The Morgan fingerprint density at radius 1 is 1.05 bits per heavy atom. The summed E-state index contributed by atoms with van der Waals surface area (Å²) in [5.41, 5.74) is 9.19. The van der Waals surface area contributed by atoms with Gasteiger partial charge in [-0.15, -0.1) is 0 Å². The third-order valence-electron chi connectivity index (χ3n) is 4.33. The second-order valence-electron chi connectivity index (χ2n) is 5.45. The van der Waals surface area contributed by atoms with E-state index in [1.807, 2.05) is 0 Å². The molecule has 0 aromatic heterocycles. The second kappa shape index (κ2) is 4.56. The molecule has 0 nitrogen and oxygen atoms in total. The standard InChI is InChI=1S/C18H15.Zr/c1-2-6-13(7-3-1)18-16-10-4-8-14(16)12-15-9-5-11-17(15)18;/h1-4,6-8,10,12H,5,9,11H2;. The van der Waals surface area contributed by atoms with E-state index in [1.54, 1.807) is 41.4 Å². The van der Waals surface area contributed by atoms with E-state index in [0.717, 1.165) is 0 Å². The molecule has 0 spiro atoms. The second-order valence-corrected chi connectivity index (χ2v) is 6.98. The molecule has 0 saturated carbocycles. The number of fused-ring (bicyclic) bond motifs is 2. The molecule has 0 aliphatic heterocycles. The van der Waals surface area contributed by atoms with Gasteiger partial charge in [-0.25, -0.2) is 0 Å². The minimum atomic E-state index is 0.663. The van der Waals surface area contributed by atoms with E-state index in [2.05, 4.69) is 48.6 Å². The van der Waals surface area contributed by atoms with Gasteiger partial charge < -0.3 is 0 Å². The molecule has 91 valence electrons. The van der Waals surface area contributed by atoms with Gasteiger partial charge in [0, 0.05) is 0 Å². The Balaban J connectivity index is 2.04. The Bertz CT molecular complexity index is 668. The van der Waals surface area contributed by atoms with Gasteiger partial charge in [0.25, 0.3) is 0 Å². The monoisotopic (exact) mass is 321 g/mol. The quantitative estimate of drug-likeness (QED) is 0.727. The molecular weight excluding hydrogens is 307 g/mol. The van der Waals surface area contributed by atoms with E-state index in [-0.39, 0.29) is 0 Å². The van der Waals surface area contributed by atoms with E-state index in [9.17, 15) is 0 Å². The molecule has 19 heavy (non-hydrogen) atoms. The fraction of sp³-hybridized carbons (Fsp3) is 0.222. The van der Waals surface area contributed by atoms with Crippen molar-refractivity contribution in [2.24, 2.45) is 0 Å². The van der Waals surface area contributed by atoms with Gasteiger partial charge in [0.15, 0.2) is 0 Å². The molecule has 2 aromatic rings. The Morgan fingerprint density at radius 2 is 1.89 bits per heavy atom. The summed E-state index contributed by atoms with van der Waals surface area (Å²) in [6, 6.07) is 13.4. The molecule has 1 unspecified atom stereocenters. The predicted molar refractivity (Wildman–Crippen MR) is 75.7 cm³/mol. The van der Waals surface area contributed by atoms with Crippen molar-refractivity contribution in [2.45, 2.75) is 22.9 Å². The molecule has 1 heteroatoms. The average Bonchev–Trinajstić information content (AvgIpc) is 3.05. The third-order valence-corrected chi connectivity index (χ3v) is 5.56. The summed E-state index contributed by atoms with van der Waals surface area (Å²) in [5, 5.41) is 0. The van der Waals surface area contributed by atoms with Crippen LogP contribution >= 0.6 is 0 Å². The average molecular weight is 323 g/mol. The van der Waals surface area contributed by atoms with Gasteiger partial charge in [0.2, 0.25) is 0 Å². The first-order valence-electron chi connectivity index (χ1n) is 6.98. The minimum absolute atomic E-state index is 0.663. The number of aryl methyl sites for hydroxylation is 1.